The van der Waals surface area contributed by atoms with Gasteiger partial charge in [0.2, 0.25) is 53.2 Å². The van der Waals surface area contributed by atoms with Crippen LogP contribution < -0.4 is 42.5 Å². The van der Waals surface area contributed by atoms with Gasteiger partial charge in [-0.2, -0.15) is 0 Å². The molecule has 7 rings (SSSR count). The van der Waals surface area contributed by atoms with Gasteiger partial charge in [0.1, 0.15) is 12.1 Å². The molecule has 4 aliphatic rings. The first-order chi connectivity index (χ1) is 43.7. The second-order valence-corrected chi connectivity index (χ2v) is 25.7. The topological polar surface area (TPSA) is 401 Å². The molecule has 3 aromatic rings. The number of thioether (sulfide) groups is 1. The summed E-state index contributed by atoms with van der Waals surface area (Å²) in [6.07, 6.45) is -2.02. The average Bonchev–Trinajstić information content (AvgIpc) is 1.65. The zero-order chi connectivity index (χ0) is 67.1. The van der Waals surface area contributed by atoms with Gasteiger partial charge in [-0.1, -0.05) is 78.3 Å². The average molecular weight is 1300 g/mol. The van der Waals surface area contributed by atoms with Crippen LogP contribution in [0.4, 0.5) is 5.69 Å². The number of hydrogen-bond acceptors (Lipinski definition) is 17. The number of nitrogens with one attached hydrogen (secondary N) is 9. The lowest BCUT2D eigenvalue weighted by Crippen LogP contribution is -2.56. The van der Waals surface area contributed by atoms with Crippen LogP contribution in [0.5, 0.6) is 0 Å². The van der Waals surface area contributed by atoms with Crippen molar-refractivity contribution in [2.75, 3.05) is 43.9 Å². The molecule has 0 radical (unpaired) electrons. The van der Waals surface area contributed by atoms with Crippen LogP contribution in [0.15, 0.2) is 65.7 Å². The molecule has 1 saturated heterocycles. The number of imide groups is 1. The molecular formula is C64H85N11O16S. The van der Waals surface area contributed by atoms with Crippen LogP contribution in [0.25, 0.3) is 10.9 Å². The smallest absolute Gasteiger partial charge is 0.253 e. The summed E-state index contributed by atoms with van der Waals surface area (Å²) in [6, 6.07) is 7.85. The highest BCUT2D eigenvalue weighted by molar-refractivity contribution is 7.99. The number of para-hydroxylation sites is 1. The van der Waals surface area contributed by atoms with Gasteiger partial charge in [-0.05, 0) is 60.4 Å². The molecule has 12 N–H and O–H groups in total. The van der Waals surface area contributed by atoms with Gasteiger partial charge in [0.15, 0.2) is 11.6 Å². The van der Waals surface area contributed by atoms with Crippen LogP contribution in [-0.4, -0.2) is 188 Å². The molecule has 28 heteroatoms. The van der Waals surface area contributed by atoms with Crippen LogP contribution in [-0.2, 0) is 75.3 Å². The standard InChI is InChI=1S/C64H85N11O16S/c1-7-34(4)57-62(90)67-28-52(83)68-41-17-14-38(25-51(82)65-27-37-12-15-40(16-13-37)69-59(87)35(5)22-47(78)56(33(2)3)71-50(81)20-21-74-54(85)18-19-55(74)86)64(91)75-30-42(77)26-46(75)61(89)73-58(36(6)49(80)31-76)48(79)24-39(60(88)66-29-53(84)72-57)23-44-43-10-8-9-11-45(43)70-63(44)92-32-41/h8-13,15-16,18-19,33-36,38-39,41-42,46,49,56-58,70,76-77,80H,7,14,17,20-32H2,1-6H3,(H,65,82)(H,66,88)(H,67,90)(H,68,83)(H,69,87)(H,71,81)(H,72,84)(H,73,89)/t34-,35+,36-,38-,39+,41+,42?,46-,49-,56?,57-,58-/m0/s1. The number of Topliss-reactive ketones (excluding diaryl/α,β-unsaturated/α-hetero) is 2. The van der Waals surface area contributed by atoms with Crippen molar-refractivity contribution >= 4 is 105 Å². The number of benzene rings is 2. The van der Waals surface area contributed by atoms with Crippen molar-refractivity contribution in [1.29, 1.82) is 0 Å². The highest BCUT2D eigenvalue weighted by atomic mass is 32.2. The fourth-order valence-electron chi connectivity index (χ4n) is 11.7. The van der Waals surface area contributed by atoms with E-state index in [1.165, 1.54) is 18.7 Å². The van der Waals surface area contributed by atoms with Crippen molar-refractivity contribution in [1.82, 2.24) is 52.0 Å². The highest BCUT2D eigenvalue weighted by Gasteiger charge is 2.44. The van der Waals surface area contributed by atoms with Crippen LogP contribution in [0.1, 0.15) is 104 Å². The lowest BCUT2D eigenvalue weighted by atomic mass is 9.85. The number of ketones is 2. The van der Waals surface area contributed by atoms with E-state index in [9.17, 15) is 72.9 Å². The third-order valence-corrected chi connectivity index (χ3v) is 18.6. The molecule has 1 fully saturated rings. The Hall–Kier alpha value is -8.34. The lowest BCUT2D eigenvalue weighted by molar-refractivity contribution is -0.144. The second-order valence-electron chi connectivity index (χ2n) is 24.7. The van der Waals surface area contributed by atoms with E-state index in [1.54, 1.807) is 64.1 Å². The predicted molar refractivity (Wildman–Crippen MR) is 336 cm³/mol. The molecule has 0 spiro atoms. The molecule has 11 amide bonds. The Morgan fingerprint density at radius 3 is 2.13 bits per heavy atom. The maximum absolute atomic E-state index is 15.1. The maximum Gasteiger partial charge on any atom is 0.253 e. The molecule has 12 atom stereocenters. The summed E-state index contributed by atoms with van der Waals surface area (Å²) in [7, 11) is 0. The Morgan fingerprint density at radius 1 is 0.783 bits per heavy atom. The van der Waals surface area contributed by atoms with Gasteiger partial charge < -0.3 is 67.7 Å². The Morgan fingerprint density at radius 2 is 1.46 bits per heavy atom. The normalized spacial score (nSPS) is 24.1. The third kappa shape index (κ3) is 18.9. The first kappa shape index (κ1) is 71.1. The zero-order valence-corrected chi connectivity index (χ0v) is 53.4. The molecule has 5 heterocycles. The van der Waals surface area contributed by atoms with Gasteiger partial charge in [-0.15, -0.1) is 11.8 Å². The number of aliphatic hydroxyl groups excluding tert-OH is 3. The number of amides is 11. The number of aromatic amines is 1. The number of hydrogen-bond donors (Lipinski definition) is 12. The molecule has 0 aliphatic carbocycles. The van der Waals surface area contributed by atoms with Crippen molar-refractivity contribution in [3.8, 4) is 0 Å². The molecule has 2 aromatic carbocycles. The van der Waals surface area contributed by atoms with Crippen molar-refractivity contribution < 1.29 is 77.6 Å². The van der Waals surface area contributed by atoms with Gasteiger partial charge in [0, 0.05) is 116 Å². The quantitative estimate of drug-likeness (QED) is 0.0713. The van der Waals surface area contributed by atoms with Gasteiger partial charge in [0.05, 0.1) is 49.0 Å². The van der Waals surface area contributed by atoms with E-state index < -0.39 is 181 Å². The largest absolute Gasteiger partial charge is 0.394 e. The molecule has 92 heavy (non-hydrogen) atoms. The molecule has 27 nitrogen and oxygen atoms in total. The fourth-order valence-corrected chi connectivity index (χ4v) is 12.8. The van der Waals surface area contributed by atoms with Gasteiger partial charge >= 0.3 is 0 Å². The molecular weight excluding hydrogens is 1210 g/mol. The van der Waals surface area contributed by atoms with E-state index in [2.05, 4.69) is 47.5 Å². The number of aliphatic hydroxyl groups is 3. The predicted octanol–water partition coefficient (Wildman–Crippen LogP) is 0.182. The van der Waals surface area contributed by atoms with Crippen molar-refractivity contribution in [3.63, 3.8) is 0 Å². The maximum atomic E-state index is 15.1. The summed E-state index contributed by atoms with van der Waals surface area (Å²) in [6.45, 7) is 7.48. The Balaban J connectivity index is 1.12. The van der Waals surface area contributed by atoms with Crippen LogP contribution in [0.2, 0.25) is 0 Å². The Bertz CT molecular complexity index is 3280. The number of fused-ring (bicyclic) bond motifs is 5. The minimum Gasteiger partial charge on any atom is -0.394 e. The van der Waals surface area contributed by atoms with Gasteiger partial charge in [-0.3, -0.25) is 67.2 Å². The fraction of sp³-hybridized carbons (Fsp3) is 0.547. The Labute approximate surface area is 536 Å². The van der Waals surface area contributed by atoms with Crippen LogP contribution >= 0.6 is 11.8 Å². The van der Waals surface area contributed by atoms with Gasteiger partial charge in [0.25, 0.3) is 11.8 Å². The van der Waals surface area contributed by atoms with Crippen molar-refractivity contribution in [2.24, 2.45) is 35.5 Å². The number of aromatic nitrogens is 1. The molecule has 498 valence electrons. The van der Waals surface area contributed by atoms with Crippen molar-refractivity contribution in [2.45, 2.75) is 153 Å². The highest BCUT2D eigenvalue weighted by Crippen LogP contribution is 2.35. The van der Waals surface area contributed by atoms with E-state index in [-0.39, 0.29) is 69.8 Å². The first-order valence-corrected chi connectivity index (χ1v) is 32.2. The number of H-pyrrole nitrogens is 1. The number of anilines is 1. The number of rotatable bonds is 19. The second kappa shape index (κ2) is 32.8. The van der Waals surface area contributed by atoms with Gasteiger partial charge in [-0.25, -0.2) is 0 Å². The summed E-state index contributed by atoms with van der Waals surface area (Å²) >= 11 is 1.28. The zero-order valence-electron chi connectivity index (χ0n) is 52.5. The van der Waals surface area contributed by atoms with E-state index in [4.69, 9.17) is 0 Å². The SMILES string of the molecule is CC[C@H](C)[C@@H]1NC(=O)CNC(=O)[C@H]2CC(=O)[C@H]([C@@H](C)[C@@H](O)CO)NC(=O)[C@@H]3CC(O)CN3C(=O)[C@H](CC(=O)NCc3ccc(NC(=O)[C@H](C)CC(=O)C(NC(=O)CCN4C(=O)C=CC4=O)C(C)C)cc3)CC[C@H](CSc3[nH]c4ccccc4c3C2)NC(=O)CNC1=O. The molecule has 1 aromatic heterocycles. The minimum absolute atomic E-state index is 0.0447. The van der Waals surface area contributed by atoms with E-state index in [0.29, 0.717) is 39.2 Å². The summed E-state index contributed by atoms with van der Waals surface area (Å²) in [5.74, 6) is -13.3. The number of nitrogens with zero attached hydrogens (tertiary/aromatic N) is 2. The molecule has 2 bridgehead atoms. The third-order valence-electron chi connectivity index (χ3n) is 17.4. The van der Waals surface area contributed by atoms with E-state index in [1.807, 2.05) is 19.1 Å². The molecule has 2 unspecified atom stereocenters. The van der Waals surface area contributed by atoms with Crippen molar-refractivity contribution in [3.05, 3.63) is 71.8 Å². The van der Waals surface area contributed by atoms with Crippen LogP contribution in [0.3, 0.4) is 0 Å². The minimum atomic E-state index is -1.57. The summed E-state index contributed by atoms with van der Waals surface area (Å²) in [5, 5.41) is 55.4. The number of carbonyl (C=O) groups is 13. The molecule has 4 aliphatic heterocycles. The summed E-state index contributed by atoms with van der Waals surface area (Å²) < 4.78 is 0. The van der Waals surface area contributed by atoms with E-state index in [0.717, 1.165) is 22.0 Å². The number of carbonyl (C=O) groups excluding carboxylic acids is 13. The summed E-state index contributed by atoms with van der Waals surface area (Å²) in [4.78, 5) is 183. The first-order valence-electron chi connectivity index (χ1n) is 31.2. The van der Waals surface area contributed by atoms with Crippen LogP contribution in [0, 0.1) is 35.5 Å². The summed E-state index contributed by atoms with van der Waals surface area (Å²) in [5.41, 5.74) is 2.22. The van der Waals surface area contributed by atoms with E-state index >= 15 is 4.79 Å². The lowest BCUT2D eigenvalue weighted by Gasteiger charge is -2.32. The Kier molecular flexibility index (Phi) is 25.3. The monoisotopic (exact) mass is 1300 g/mol. The molecule has 0 saturated carbocycles.